The van der Waals surface area contributed by atoms with Gasteiger partial charge in [0.25, 0.3) is 0 Å². The molecule has 2 N–H and O–H groups in total. The number of halogens is 2. The van der Waals surface area contributed by atoms with Gasteiger partial charge >= 0.3 is 6.03 Å². The van der Waals surface area contributed by atoms with Crippen molar-refractivity contribution in [1.29, 1.82) is 0 Å². The summed E-state index contributed by atoms with van der Waals surface area (Å²) in [4.78, 5) is 13.5. The van der Waals surface area contributed by atoms with Crippen LogP contribution in [0.5, 0.6) is 0 Å². The molecular weight excluding hydrogens is 315 g/mol. The minimum atomic E-state index is -0.517. The molecule has 1 aromatic carbocycles. The molecular formula is C14H18ClFN2O2S. The maximum Gasteiger partial charge on any atom is 0.318 e. The number of rotatable bonds is 7. The van der Waals surface area contributed by atoms with Gasteiger partial charge < -0.3 is 15.3 Å². The maximum atomic E-state index is 13.3. The van der Waals surface area contributed by atoms with Crippen LogP contribution in [0.3, 0.4) is 0 Å². The van der Waals surface area contributed by atoms with Crippen molar-refractivity contribution in [3.05, 3.63) is 47.3 Å². The fourth-order valence-electron chi connectivity index (χ4n) is 1.68. The van der Waals surface area contributed by atoms with Gasteiger partial charge in [0, 0.05) is 13.6 Å². The maximum absolute atomic E-state index is 13.3. The Morgan fingerprint density at radius 2 is 2.38 bits per heavy atom. The first-order chi connectivity index (χ1) is 10.0. The average Bonchev–Trinajstić information content (AvgIpc) is 2.47. The Morgan fingerprint density at radius 3 is 3.00 bits per heavy atom. The van der Waals surface area contributed by atoms with Crippen LogP contribution in [-0.4, -0.2) is 34.4 Å². The summed E-state index contributed by atoms with van der Waals surface area (Å²) in [7, 11) is 1.62. The first-order valence-electron chi connectivity index (χ1n) is 6.28. The summed E-state index contributed by atoms with van der Waals surface area (Å²) in [6, 6.07) is 4.12. The van der Waals surface area contributed by atoms with Gasteiger partial charge in [-0.15, -0.1) is 18.3 Å². The summed E-state index contributed by atoms with van der Waals surface area (Å²) in [5.41, 5.74) is 0.508. The van der Waals surface area contributed by atoms with Crippen molar-refractivity contribution in [3.63, 3.8) is 0 Å². The highest BCUT2D eigenvalue weighted by Crippen LogP contribution is 2.20. The van der Waals surface area contributed by atoms with Crippen molar-refractivity contribution in [3.8, 4) is 0 Å². The number of amides is 2. The number of urea groups is 1. The molecule has 0 heterocycles. The van der Waals surface area contributed by atoms with Gasteiger partial charge in [0.1, 0.15) is 5.82 Å². The van der Waals surface area contributed by atoms with Gasteiger partial charge in [-0.05, 0) is 18.1 Å². The quantitative estimate of drug-likeness (QED) is 0.595. The van der Waals surface area contributed by atoms with Crippen molar-refractivity contribution in [2.45, 2.75) is 18.3 Å². The minimum Gasteiger partial charge on any atom is -0.386 e. The lowest BCUT2D eigenvalue weighted by Gasteiger charge is -2.26. The minimum absolute atomic E-state index is 0.00725. The van der Waals surface area contributed by atoms with E-state index in [0.29, 0.717) is 12.0 Å². The third-order valence-electron chi connectivity index (χ3n) is 2.85. The Labute approximate surface area is 133 Å². The van der Waals surface area contributed by atoms with E-state index < -0.39 is 5.82 Å². The van der Waals surface area contributed by atoms with Gasteiger partial charge in [0.05, 0.1) is 16.3 Å². The second-order valence-corrected chi connectivity index (χ2v) is 5.77. The molecule has 7 heteroatoms. The lowest BCUT2D eigenvalue weighted by molar-refractivity contribution is 0.204. The highest BCUT2D eigenvalue weighted by molar-refractivity contribution is 7.99. The Balaban J connectivity index is 2.63. The highest BCUT2D eigenvalue weighted by Gasteiger charge is 2.19. The first kappa shape index (κ1) is 17.8. The van der Waals surface area contributed by atoms with Crippen LogP contribution >= 0.6 is 23.4 Å². The molecule has 1 rings (SSSR count). The summed E-state index contributed by atoms with van der Waals surface area (Å²) in [6.45, 7) is 3.76. The molecule has 0 saturated heterocycles. The standard InChI is InChI=1S/C14H18ClFN2O2S/c1-3-5-12(21-9-19)18(2)14(20)17-8-10-6-4-7-11(16)13(10)15/h3-4,6-7,12,19H,1,5,8-9H2,2H3,(H,17,20)/t12-/m1/s1. The normalized spacial score (nSPS) is 11.8. The van der Waals surface area contributed by atoms with Crippen LogP contribution in [0.4, 0.5) is 9.18 Å². The molecule has 0 aromatic heterocycles. The van der Waals surface area contributed by atoms with E-state index in [1.165, 1.54) is 28.8 Å². The van der Waals surface area contributed by atoms with Gasteiger partial charge in [-0.2, -0.15) is 0 Å². The predicted octanol–water partition coefficient (Wildman–Crippen LogP) is 3.21. The van der Waals surface area contributed by atoms with E-state index in [0.717, 1.165) is 0 Å². The molecule has 0 radical (unpaired) electrons. The third kappa shape index (κ3) is 5.22. The molecule has 0 unspecified atom stereocenters. The SMILES string of the molecule is C=CC[C@@H](SCO)N(C)C(=O)NCc1cccc(F)c1Cl. The van der Waals surface area contributed by atoms with E-state index >= 15 is 0 Å². The molecule has 21 heavy (non-hydrogen) atoms. The number of nitrogens with one attached hydrogen (secondary N) is 1. The fourth-order valence-corrected chi connectivity index (χ4v) is 2.63. The van der Waals surface area contributed by atoms with Gasteiger partial charge in [-0.25, -0.2) is 9.18 Å². The second kappa shape index (κ2) is 8.92. The fraction of sp³-hybridized carbons (Fsp3) is 0.357. The molecule has 0 aliphatic rings. The highest BCUT2D eigenvalue weighted by atomic mass is 35.5. The largest absolute Gasteiger partial charge is 0.386 e. The number of carbonyl (C=O) groups excluding carboxylic acids is 1. The number of aliphatic hydroxyl groups is 1. The van der Waals surface area contributed by atoms with Crippen molar-refractivity contribution < 1.29 is 14.3 Å². The average molecular weight is 333 g/mol. The number of benzene rings is 1. The lowest BCUT2D eigenvalue weighted by Crippen LogP contribution is -2.42. The van der Waals surface area contributed by atoms with E-state index in [4.69, 9.17) is 16.7 Å². The Kier molecular flexibility index (Phi) is 7.56. The number of hydrogen-bond donors (Lipinski definition) is 2. The molecule has 1 atom stereocenters. The van der Waals surface area contributed by atoms with E-state index in [9.17, 15) is 9.18 Å². The van der Waals surface area contributed by atoms with E-state index in [1.54, 1.807) is 19.2 Å². The smallest absolute Gasteiger partial charge is 0.318 e. The molecule has 0 spiro atoms. The van der Waals surface area contributed by atoms with Crippen LogP contribution in [-0.2, 0) is 6.54 Å². The molecule has 116 valence electrons. The zero-order valence-corrected chi connectivity index (χ0v) is 13.3. The molecule has 2 amide bonds. The number of hydrogen-bond acceptors (Lipinski definition) is 3. The van der Waals surface area contributed by atoms with Gasteiger partial charge in [0.15, 0.2) is 0 Å². The molecule has 0 bridgehead atoms. The lowest BCUT2D eigenvalue weighted by atomic mass is 10.2. The van der Waals surface area contributed by atoms with Gasteiger partial charge in [0.2, 0.25) is 0 Å². The van der Waals surface area contributed by atoms with Crippen LogP contribution in [0.15, 0.2) is 30.9 Å². The van der Waals surface area contributed by atoms with E-state index in [2.05, 4.69) is 11.9 Å². The molecule has 0 saturated carbocycles. The molecule has 1 aromatic rings. The van der Waals surface area contributed by atoms with Crippen LogP contribution in [0, 0.1) is 5.82 Å². The second-order valence-electron chi connectivity index (χ2n) is 4.26. The molecule has 4 nitrogen and oxygen atoms in total. The summed E-state index contributed by atoms with van der Waals surface area (Å²) < 4.78 is 13.3. The number of carbonyl (C=O) groups is 1. The van der Waals surface area contributed by atoms with Gasteiger partial charge in [-0.3, -0.25) is 0 Å². The van der Waals surface area contributed by atoms with Crippen molar-refractivity contribution in [2.24, 2.45) is 0 Å². The Bertz CT molecular complexity index is 502. The Hall–Kier alpha value is -1.24. The van der Waals surface area contributed by atoms with Crippen LogP contribution in [0.1, 0.15) is 12.0 Å². The van der Waals surface area contributed by atoms with Crippen LogP contribution in [0.2, 0.25) is 5.02 Å². The van der Waals surface area contributed by atoms with Crippen molar-refractivity contribution in [1.82, 2.24) is 10.2 Å². The Morgan fingerprint density at radius 1 is 1.67 bits per heavy atom. The molecule has 0 aliphatic carbocycles. The monoisotopic (exact) mass is 332 g/mol. The summed E-state index contributed by atoms with van der Waals surface area (Å²) in [5, 5.41) is 11.4. The zero-order chi connectivity index (χ0) is 15.8. The number of aliphatic hydroxyl groups excluding tert-OH is 1. The summed E-state index contributed by atoms with van der Waals surface area (Å²) in [5.74, 6) is -0.608. The zero-order valence-electron chi connectivity index (χ0n) is 11.7. The van der Waals surface area contributed by atoms with Crippen molar-refractivity contribution in [2.75, 3.05) is 13.0 Å². The topological polar surface area (TPSA) is 52.6 Å². The van der Waals surface area contributed by atoms with E-state index in [-0.39, 0.29) is 28.9 Å². The number of nitrogens with zero attached hydrogens (tertiary/aromatic N) is 1. The summed E-state index contributed by atoms with van der Waals surface area (Å²) in [6.07, 6.45) is 2.23. The number of thioether (sulfide) groups is 1. The third-order valence-corrected chi connectivity index (χ3v) is 4.31. The molecule has 0 fully saturated rings. The first-order valence-corrected chi connectivity index (χ1v) is 7.70. The van der Waals surface area contributed by atoms with E-state index in [1.807, 2.05) is 0 Å². The van der Waals surface area contributed by atoms with Crippen molar-refractivity contribution >= 4 is 29.4 Å². The van der Waals surface area contributed by atoms with Crippen LogP contribution < -0.4 is 5.32 Å². The summed E-state index contributed by atoms with van der Waals surface area (Å²) >= 11 is 7.06. The predicted molar refractivity (Wildman–Crippen MR) is 84.7 cm³/mol. The van der Waals surface area contributed by atoms with Crippen LogP contribution in [0.25, 0.3) is 0 Å². The van der Waals surface area contributed by atoms with Gasteiger partial charge in [-0.1, -0.05) is 29.8 Å². The molecule has 0 aliphatic heterocycles.